The molecule has 2 atom stereocenters. The maximum absolute atomic E-state index is 12.7. The standard InChI is InChI=1S/C49H83NO8/c1-6-8-10-12-14-16-18-20-22-24-26-28-30-32-34-36-38-40-47(52)58-45(44-57-49(48(53)54)55-42-41-50(3,4)5)43-56-46(51)39-37-35-33-31-29-27-25-23-21-19-17-15-13-11-9-7-2/h8,10,14,16,20,22-23,25-26,28,32,34,45,49H,6-7,9,11-13,15,17-19,21,24,27,29-31,33,35-44H2,1-5H3/b10-8-,16-14-,22-20-,25-23-,28-26-,34-32-. The minimum absolute atomic E-state index is 0.132. The van der Waals surface area contributed by atoms with E-state index in [0.29, 0.717) is 23.9 Å². The third-order valence-electron chi connectivity index (χ3n) is 9.19. The molecule has 0 heterocycles. The number of hydrogen-bond donors (Lipinski definition) is 0. The van der Waals surface area contributed by atoms with Gasteiger partial charge in [0.1, 0.15) is 13.2 Å². The van der Waals surface area contributed by atoms with Gasteiger partial charge in [0.2, 0.25) is 0 Å². The molecule has 0 saturated carbocycles. The fraction of sp³-hybridized carbons (Fsp3) is 0.694. The number of quaternary nitrogens is 1. The maximum Gasteiger partial charge on any atom is 0.306 e. The summed E-state index contributed by atoms with van der Waals surface area (Å²) >= 11 is 0. The number of esters is 2. The van der Waals surface area contributed by atoms with Gasteiger partial charge >= 0.3 is 11.9 Å². The number of hydrogen-bond acceptors (Lipinski definition) is 8. The molecule has 0 saturated heterocycles. The molecular weight excluding hydrogens is 731 g/mol. The number of aliphatic carboxylic acids is 1. The zero-order chi connectivity index (χ0) is 42.8. The number of carbonyl (C=O) groups excluding carboxylic acids is 3. The van der Waals surface area contributed by atoms with Gasteiger partial charge in [-0.15, -0.1) is 0 Å². The molecule has 0 amide bonds. The van der Waals surface area contributed by atoms with E-state index >= 15 is 0 Å². The summed E-state index contributed by atoms with van der Waals surface area (Å²) in [5.41, 5.74) is 0. The van der Waals surface area contributed by atoms with Crippen LogP contribution < -0.4 is 5.11 Å². The van der Waals surface area contributed by atoms with Crippen molar-refractivity contribution in [2.75, 3.05) is 47.5 Å². The average Bonchev–Trinajstić information content (AvgIpc) is 3.18. The topological polar surface area (TPSA) is 111 Å². The number of unbranched alkanes of at least 4 members (excludes halogenated alkanes) is 13. The molecule has 9 nitrogen and oxygen atoms in total. The highest BCUT2D eigenvalue weighted by Crippen LogP contribution is 2.12. The first-order valence-corrected chi connectivity index (χ1v) is 22.6. The summed E-state index contributed by atoms with van der Waals surface area (Å²) in [6.45, 7) is 4.53. The van der Waals surface area contributed by atoms with Gasteiger partial charge in [-0.05, 0) is 77.0 Å². The highest BCUT2D eigenvalue weighted by atomic mass is 16.7. The van der Waals surface area contributed by atoms with Crippen molar-refractivity contribution in [1.29, 1.82) is 0 Å². The zero-order valence-electron chi connectivity index (χ0n) is 37.4. The van der Waals surface area contributed by atoms with E-state index in [-0.39, 0.29) is 38.6 Å². The lowest BCUT2D eigenvalue weighted by Crippen LogP contribution is -2.44. The van der Waals surface area contributed by atoms with Crippen molar-refractivity contribution in [2.45, 2.75) is 174 Å². The number of carbonyl (C=O) groups is 3. The monoisotopic (exact) mass is 814 g/mol. The molecule has 0 radical (unpaired) electrons. The Bertz CT molecular complexity index is 1180. The Morgan fingerprint density at radius 1 is 0.534 bits per heavy atom. The number of nitrogens with zero attached hydrogens (tertiary/aromatic N) is 1. The van der Waals surface area contributed by atoms with E-state index in [1.54, 1.807) is 0 Å². The summed E-state index contributed by atoms with van der Waals surface area (Å²) in [6, 6.07) is 0. The van der Waals surface area contributed by atoms with Crippen LogP contribution in [0.4, 0.5) is 0 Å². The van der Waals surface area contributed by atoms with Crippen molar-refractivity contribution in [3.63, 3.8) is 0 Å². The van der Waals surface area contributed by atoms with Crippen molar-refractivity contribution in [2.24, 2.45) is 0 Å². The molecule has 58 heavy (non-hydrogen) atoms. The van der Waals surface area contributed by atoms with Crippen molar-refractivity contribution in [3.8, 4) is 0 Å². The Labute approximate surface area is 354 Å². The van der Waals surface area contributed by atoms with Crippen LogP contribution in [0.2, 0.25) is 0 Å². The molecule has 0 aliphatic carbocycles. The predicted molar refractivity (Wildman–Crippen MR) is 237 cm³/mol. The normalized spacial score (nSPS) is 13.6. The Kier molecular flexibility index (Phi) is 38.2. The highest BCUT2D eigenvalue weighted by Gasteiger charge is 2.21. The first-order chi connectivity index (χ1) is 28.1. The van der Waals surface area contributed by atoms with Crippen molar-refractivity contribution >= 4 is 17.9 Å². The summed E-state index contributed by atoms with van der Waals surface area (Å²) in [5, 5.41) is 11.7. The molecule has 332 valence electrons. The van der Waals surface area contributed by atoms with Crippen LogP contribution in [0.25, 0.3) is 0 Å². The summed E-state index contributed by atoms with van der Waals surface area (Å²) < 4.78 is 22.5. The van der Waals surface area contributed by atoms with E-state index in [2.05, 4.69) is 80.7 Å². The first-order valence-electron chi connectivity index (χ1n) is 22.6. The molecule has 0 aromatic heterocycles. The van der Waals surface area contributed by atoms with E-state index in [1.807, 2.05) is 27.2 Å². The lowest BCUT2D eigenvalue weighted by molar-refractivity contribution is -0.870. The number of carboxylic acids is 1. The molecule has 0 bridgehead atoms. The van der Waals surface area contributed by atoms with Gasteiger partial charge in [0.15, 0.2) is 12.4 Å². The zero-order valence-corrected chi connectivity index (χ0v) is 37.4. The van der Waals surface area contributed by atoms with E-state index < -0.39 is 24.3 Å². The fourth-order valence-corrected chi connectivity index (χ4v) is 5.68. The van der Waals surface area contributed by atoms with Crippen LogP contribution >= 0.6 is 0 Å². The molecule has 0 aliphatic rings. The Morgan fingerprint density at radius 2 is 1.00 bits per heavy atom. The van der Waals surface area contributed by atoms with Gasteiger partial charge in [-0.1, -0.05) is 145 Å². The second-order valence-corrected chi connectivity index (χ2v) is 16.0. The lowest BCUT2D eigenvalue weighted by atomic mass is 10.1. The Hall–Kier alpha value is -3.27. The molecule has 0 aromatic rings. The second-order valence-electron chi connectivity index (χ2n) is 16.0. The third-order valence-corrected chi connectivity index (χ3v) is 9.19. The van der Waals surface area contributed by atoms with Crippen LogP contribution in [-0.2, 0) is 33.3 Å². The van der Waals surface area contributed by atoms with Crippen molar-refractivity contribution in [1.82, 2.24) is 0 Å². The van der Waals surface area contributed by atoms with E-state index in [4.69, 9.17) is 18.9 Å². The molecule has 0 N–H and O–H groups in total. The molecule has 0 aliphatic heterocycles. The lowest BCUT2D eigenvalue weighted by Gasteiger charge is -2.26. The molecule has 0 spiro atoms. The summed E-state index contributed by atoms with van der Waals surface area (Å²) in [5.74, 6) is -2.39. The smallest absolute Gasteiger partial charge is 0.306 e. The van der Waals surface area contributed by atoms with E-state index in [1.165, 1.54) is 51.4 Å². The van der Waals surface area contributed by atoms with Gasteiger partial charge in [-0.2, -0.15) is 0 Å². The average molecular weight is 814 g/mol. The molecule has 9 heteroatoms. The second kappa shape index (κ2) is 40.5. The van der Waals surface area contributed by atoms with Crippen LogP contribution in [0.1, 0.15) is 162 Å². The maximum atomic E-state index is 12.7. The number of carboxylic acid groups (broad SMARTS) is 1. The predicted octanol–water partition coefficient (Wildman–Crippen LogP) is 10.6. The SMILES string of the molecule is CC/C=C\C/C=C\C/C=C\C/C=C\C/C=C\CCCC(=O)OC(COC(=O)CCCCCCC/C=C\CCCCCCCCC)COC(OCC[N+](C)(C)C)C(=O)[O-]. The van der Waals surface area contributed by atoms with Crippen LogP contribution in [0.15, 0.2) is 72.9 Å². The quantitative estimate of drug-likeness (QED) is 0.0198. The highest BCUT2D eigenvalue weighted by molar-refractivity contribution is 5.70. The van der Waals surface area contributed by atoms with Gasteiger partial charge in [0, 0.05) is 12.8 Å². The van der Waals surface area contributed by atoms with E-state index in [9.17, 15) is 19.5 Å². The van der Waals surface area contributed by atoms with Gasteiger partial charge < -0.3 is 33.3 Å². The first kappa shape index (κ1) is 54.7. The summed E-state index contributed by atoms with van der Waals surface area (Å²) in [4.78, 5) is 37.0. The fourth-order valence-electron chi connectivity index (χ4n) is 5.68. The minimum atomic E-state index is -1.64. The van der Waals surface area contributed by atoms with Crippen molar-refractivity contribution in [3.05, 3.63) is 72.9 Å². The molecule has 0 rings (SSSR count). The number of rotatable bonds is 40. The van der Waals surface area contributed by atoms with Crippen molar-refractivity contribution < 1.29 is 42.9 Å². The van der Waals surface area contributed by atoms with Crippen LogP contribution in [0.5, 0.6) is 0 Å². The molecule has 0 aromatic carbocycles. The summed E-state index contributed by atoms with van der Waals surface area (Å²) in [7, 11) is 5.88. The van der Waals surface area contributed by atoms with Crippen LogP contribution in [0.3, 0.4) is 0 Å². The molecule has 2 unspecified atom stereocenters. The third kappa shape index (κ3) is 40.9. The summed E-state index contributed by atoms with van der Waals surface area (Å²) in [6.07, 6.45) is 46.5. The van der Waals surface area contributed by atoms with Crippen LogP contribution in [0, 0.1) is 0 Å². The number of allylic oxidation sites excluding steroid dienone is 12. The Balaban J connectivity index is 4.56. The molecular formula is C49H83NO8. The largest absolute Gasteiger partial charge is 0.545 e. The van der Waals surface area contributed by atoms with Gasteiger partial charge in [0.25, 0.3) is 0 Å². The number of likely N-dealkylation sites (N-methyl/N-ethyl adjacent to an activating group) is 1. The minimum Gasteiger partial charge on any atom is -0.545 e. The van der Waals surface area contributed by atoms with E-state index in [0.717, 1.165) is 70.6 Å². The Morgan fingerprint density at radius 3 is 1.53 bits per heavy atom. The van der Waals surface area contributed by atoms with Gasteiger partial charge in [-0.3, -0.25) is 9.59 Å². The van der Waals surface area contributed by atoms with Gasteiger partial charge in [-0.25, -0.2) is 0 Å². The van der Waals surface area contributed by atoms with Crippen LogP contribution in [-0.4, -0.2) is 82.3 Å². The molecule has 0 fully saturated rings. The number of ether oxygens (including phenoxy) is 4. The van der Waals surface area contributed by atoms with Gasteiger partial charge in [0.05, 0.1) is 40.3 Å².